The van der Waals surface area contributed by atoms with Gasteiger partial charge in [-0.05, 0) is 0 Å². The van der Waals surface area contributed by atoms with Gasteiger partial charge in [-0.1, -0.05) is 0 Å². The Labute approximate surface area is 103 Å². The van der Waals surface area contributed by atoms with Crippen LogP contribution in [0, 0.1) is 41.3 Å². The molecule has 27 valence electrons. The molecular formula is CaMnO3Pr+3. The number of hydrogen-bond donors (Lipinski definition) is 0. The van der Waals surface area contributed by atoms with Crippen molar-refractivity contribution >= 4 is 37.7 Å². The van der Waals surface area contributed by atoms with Crippen LogP contribution in [0.15, 0.2) is 0 Å². The summed E-state index contributed by atoms with van der Waals surface area (Å²) in [6.07, 6.45) is 0. The third-order valence-corrected chi connectivity index (χ3v) is 0. The Morgan fingerprint density at radius 1 is 1.33 bits per heavy atom. The van der Waals surface area contributed by atoms with Crippen LogP contribution in [0.4, 0.5) is 0 Å². The second-order valence-corrected chi connectivity index (χ2v) is 0.779. The van der Waals surface area contributed by atoms with Crippen molar-refractivity contribution in [1.29, 1.82) is 0 Å². The van der Waals surface area contributed by atoms with Crippen molar-refractivity contribution < 1.29 is 68.0 Å². The fourth-order valence-corrected chi connectivity index (χ4v) is 0. The predicted octanol–water partition coefficient (Wildman–Crippen LogP) is -2.88. The van der Waals surface area contributed by atoms with E-state index in [9.17, 15) is 0 Å². The zero-order valence-corrected chi connectivity index (χ0v) is 9.98. The van der Waals surface area contributed by atoms with Crippen LogP contribution in [-0.2, 0) is 18.3 Å². The van der Waals surface area contributed by atoms with E-state index in [1.54, 1.807) is 0 Å². The first-order valence-electron chi connectivity index (χ1n) is 0.463. The van der Waals surface area contributed by atoms with E-state index in [1.165, 1.54) is 0 Å². The van der Waals surface area contributed by atoms with E-state index < -0.39 is 14.5 Å². The molecule has 0 atom stereocenters. The standard InChI is InChI=1S/Ca.Mn.3O.Pr/q+2;;;2*-1;+3. The van der Waals surface area contributed by atoms with Gasteiger partial charge in [0.05, 0.1) is 0 Å². The van der Waals surface area contributed by atoms with Gasteiger partial charge in [0.15, 0.2) is 0 Å². The van der Waals surface area contributed by atoms with Gasteiger partial charge in [0.1, 0.15) is 0 Å². The van der Waals surface area contributed by atoms with E-state index >= 15 is 0 Å². The topological polar surface area (TPSA) is 63.2 Å². The van der Waals surface area contributed by atoms with Crippen molar-refractivity contribution in [3.63, 3.8) is 0 Å². The van der Waals surface area contributed by atoms with Gasteiger partial charge >= 0.3 is 106 Å². The molecule has 0 aromatic rings. The molecule has 3 nitrogen and oxygen atoms in total. The molecule has 0 heterocycles. The summed E-state index contributed by atoms with van der Waals surface area (Å²) in [7, 11) is 0. The average Bonchev–Trinajstić information content (AvgIpc) is 0.811. The molecule has 0 saturated carbocycles. The minimum atomic E-state index is -3.65. The zero-order valence-electron chi connectivity index (χ0n) is 2.89. The van der Waals surface area contributed by atoms with Crippen LogP contribution in [0.5, 0.6) is 0 Å². The molecule has 0 bridgehead atoms. The van der Waals surface area contributed by atoms with Gasteiger partial charge < -0.3 is 0 Å². The fourth-order valence-electron chi connectivity index (χ4n) is 0. The quantitative estimate of drug-likeness (QED) is 0.449. The molecule has 6 heavy (non-hydrogen) atoms. The summed E-state index contributed by atoms with van der Waals surface area (Å²) in [6.45, 7) is 0. The molecule has 0 rings (SSSR count). The third-order valence-electron chi connectivity index (χ3n) is 0. The molecule has 0 spiro atoms. The van der Waals surface area contributed by atoms with Gasteiger partial charge in [-0.25, -0.2) is 0 Å². The molecular weight excluding hydrogens is 284 g/mol. The van der Waals surface area contributed by atoms with Crippen molar-refractivity contribution in [1.82, 2.24) is 0 Å². The smallest absolute Gasteiger partial charge is 3.00 e. The molecule has 0 aliphatic heterocycles. The van der Waals surface area contributed by atoms with E-state index in [0.29, 0.717) is 0 Å². The van der Waals surface area contributed by atoms with Crippen molar-refractivity contribution in [3.05, 3.63) is 0 Å². The summed E-state index contributed by atoms with van der Waals surface area (Å²) in [5, 5.41) is 0. The SMILES string of the molecule is [Ca+2].[O]=[Mn]([O-])[O-].[Pr+3]. The Morgan fingerprint density at radius 3 is 1.33 bits per heavy atom. The minimum absolute atomic E-state index is 0. The van der Waals surface area contributed by atoms with E-state index in [4.69, 9.17) is 12.2 Å². The molecule has 0 saturated heterocycles. The first kappa shape index (κ1) is 15.9. The van der Waals surface area contributed by atoms with Crippen LogP contribution in [0.1, 0.15) is 0 Å². The normalized spacial score (nSPS) is 5.83. The average molecular weight is 284 g/mol. The fraction of sp³-hybridized carbons (Fsp3) is 0. The molecule has 0 radical (unpaired) electrons. The number of hydrogen-bond acceptors (Lipinski definition) is 3. The first-order valence-corrected chi connectivity index (χ1v) is 1.91. The van der Waals surface area contributed by atoms with E-state index in [1.807, 2.05) is 0 Å². The van der Waals surface area contributed by atoms with Crippen molar-refractivity contribution in [3.8, 4) is 0 Å². The Bertz CT molecular complexity index is 33.8. The maximum atomic E-state index is 8.52. The van der Waals surface area contributed by atoms with Crippen molar-refractivity contribution in [2.75, 3.05) is 0 Å². The molecule has 0 aliphatic rings. The van der Waals surface area contributed by atoms with Gasteiger partial charge in [0.25, 0.3) is 0 Å². The Balaban J connectivity index is -0.0000000450. The van der Waals surface area contributed by atoms with Gasteiger partial charge in [-0.2, -0.15) is 0 Å². The summed E-state index contributed by atoms with van der Waals surface area (Å²) in [6, 6.07) is 0. The van der Waals surface area contributed by atoms with Crippen LogP contribution in [0.3, 0.4) is 0 Å². The van der Waals surface area contributed by atoms with Crippen LogP contribution in [-0.4, -0.2) is 37.7 Å². The molecule has 0 aromatic carbocycles. The van der Waals surface area contributed by atoms with Crippen LogP contribution in [0.25, 0.3) is 0 Å². The Hall–Kier alpha value is 2.86. The minimum Gasteiger partial charge on any atom is 3.00 e. The van der Waals surface area contributed by atoms with E-state index in [2.05, 4.69) is 0 Å². The summed E-state index contributed by atoms with van der Waals surface area (Å²) in [5.74, 6) is 0. The largest absolute Gasteiger partial charge is 3.00 e. The maximum absolute atomic E-state index is 8.52. The second kappa shape index (κ2) is 10.8. The van der Waals surface area contributed by atoms with Gasteiger partial charge in [-0.3, -0.25) is 0 Å². The molecule has 0 fully saturated rings. The molecule has 0 aliphatic carbocycles. The van der Waals surface area contributed by atoms with Gasteiger partial charge in [0.2, 0.25) is 0 Å². The molecule has 6 heteroatoms. The molecule has 0 aromatic heterocycles. The van der Waals surface area contributed by atoms with Gasteiger partial charge in [-0.15, -0.1) is 0 Å². The van der Waals surface area contributed by atoms with Gasteiger partial charge in [0, 0.05) is 0 Å². The third kappa shape index (κ3) is 28.8. The Kier molecular flexibility index (Phi) is 28.6. The monoisotopic (exact) mass is 284 g/mol. The zero-order chi connectivity index (χ0) is 3.58. The number of rotatable bonds is 0. The summed E-state index contributed by atoms with van der Waals surface area (Å²) < 4.78 is 25.6. The summed E-state index contributed by atoms with van der Waals surface area (Å²) in [5.41, 5.74) is 0. The van der Waals surface area contributed by atoms with E-state index in [-0.39, 0.29) is 79.0 Å². The van der Waals surface area contributed by atoms with E-state index in [0.717, 1.165) is 0 Å². The van der Waals surface area contributed by atoms with Crippen molar-refractivity contribution in [2.24, 2.45) is 0 Å². The first-order chi connectivity index (χ1) is 1.73. The molecule has 0 amide bonds. The maximum Gasteiger partial charge on any atom is 3.00 e. The summed E-state index contributed by atoms with van der Waals surface area (Å²) in [4.78, 5) is 0. The van der Waals surface area contributed by atoms with Crippen LogP contribution in [0.2, 0.25) is 0 Å². The Morgan fingerprint density at radius 2 is 1.33 bits per heavy atom. The molecule has 0 N–H and O–H groups in total. The second-order valence-electron chi connectivity index (χ2n) is 0.189. The van der Waals surface area contributed by atoms with Crippen LogP contribution < -0.4 is 8.38 Å². The van der Waals surface area contributed by atoms with Crippen molar-refractivity contribution in [2.45, 2.75) is 0 Å². The summed E-state index contributed by atoms with van der Waals surface area (Å²) >= 11 is -3.65. The predicted molar refractivity (Wildman–Crippen MR) is 6.44 cm³/mol. The molecule has 0 unspecified atom stereocenters. The van der Waals surface area contributed by atoms with Crippen LogP contribution >= 0.6 is 0 Å².